The smallest absolute Gasteiger partial charge is 0.167 e. The number of morpholine rings is 1. The summed E-state index contributed by atoms with van der Waals surface area (Å²) in [6, 6.07) is 31.5. The lowest BCUT2D eigenvalue weighted by Gasteiger charge is -2.50. The van der Waals surface area contributed by atoms with Gasteiger partial charge in [-0.2, -0.15) is 0 Å². The number of hydrogen-bond donors (Lipinski definition) is 2. The Kier molecular flexibility index (Phi) is 6.13. The number of ether oxygens (including phenoxy) is 1. The van der Waals surface area contributed by atoms with Gasteiger partial charge in [-0.1, -0.05) is 91.0 Å². The molecular weight excluding hydrogens is 464 g/mol. The zero-order valence-corrected chi connectivity index (χ0v) is 20.3. The van der Waals surface area contributed by atoms with Crippen LogP contribution in [0.2, 0.25) is 0 Å². The summed E-state index contributed by atoms with van der Waals surface area (Å²) in [5.74, 6) is 0.322. The third-order valence-corrected chi connectivity index (χ3v) is 7.10. The van der Waals surface area contributed by atoms with Gasteiger partial charge in [0.15, 0.2) is 11.5 Å². The molecule has 6 rings (SSSR count). The van der Waals surface area contributed by atoms with Gasteiger partial charge in [-0.3, -0.25) is 9.47 Å². The highest BCUT2D eigenvalue weighted by atomic mass is 16.5. The minimum atomic E-state index is -0.635. The van der Waals surface area contributed by atoms with E-state index in [2.05, 4.69) is 92.6 Å². The van der Waals surface area contributed by atoms with E-state index in [1.807, 2.05) is 22.8 Å². The second kappa shape index (κ2) is 9.74. The highest BCUT2D eigenvalue weighted by Crippen LogP contribution is 2.44. The molecule has 3 N–H and O–H groups in total. The Morgan fingerprint density at radius 2 is 1.38 bits per heavy atom. The van der Waals surface area contributed by atoms with Crippen LogP contribution in [0.15, 0.2) is 104 Å². The van der Waals surface area contributed by atoms with Crippen LogP contribution in [0.25, 0.3) is 11.2 Å². The quantitative estimate of drug-likeness (QED) is 0.349. The first-order valence-electron chi connectivity index (χ1n) is 12.3. The van der Waals surface area contributed by atoms with Gasteiger partial charge < -0.3 is 15.6 Å². The molecular formula is C29H28N6O2. The molecule has 1 saturated heterocycles. The highest BCUT2D eigenvalue weighted by Gasteiger charge is 2.46. The number of nitrogens with two attached hydrogens (primary N) is 1. The van der Waals surface area contributed by atoms with Crippen LogP contribution >= 0.6 is 0 Å². The SMILES string of the molecule is Nc1ncnc2c1ncn2[C@H]1CN(C(c2ccccc2)(c2ccccc2)c2ccccc2)C[C@@H](CO)O1. The first-order chi connectivity index (χ1) is 18.2. The van der Waals surface area contributed by atoms with Gasteiger partial charge in [0.05, 0.1) is 24.6 Å². The molecule has 8 nitrogen and oxygen atoms in total. The van der Waals surface area contributed by atoms with Crippen molar-refractivity contribution in [2.75, 3.05) is 25.4 Å². The molecule has 2 aromatic heterocycles. The van der Waals surface area contributed by atoms with Crippen molar-refractivity contribution in [2.24, 2.45) is 0 Å². The summed E-state index contributed by atoms with van der Waals surface area (Å²) in [6.45, 7) is 0.922. The van der Waals surface area contributed by atoms with E-state index in [9.17, 15) is 5.11 Å². The van der Waals surface area contributed by atoms with Gasteiger partial charge >= 0.3 is 0 Å². The number of nitrogen functional groups attached to an aromatic ring is 1. The standard InChI is InChI=1S/C29H28N6O2/c30-27-26-28(32-19-31-27)35(20-33-26)25-17-34(16-24(18-36)37-25)29(21-10-4-1-5-11-21,22-12-6-2-7-13-22)23-14-8-3-9-15-23/h1-15,19-20,24-25,36H,16-18H2,(H2,30,31,32)/t24-,25+/m0/s1. The molecule has 0 aliphatic carbocycles. The van der Waals surface area contributed by atoms with Crippen LogP contribution in [0.4, 0.5) is 5.82 Å². The Balaban J connectivity index is 1.56. The van der Waals surface area contributed by atoms with Crippen LogP contribution in [0.3, 0.4) is 0 Å². The summed E-state index contributed by atoms with van der Waals surface area (Å²) in [4.78, 5) is 15.4. The minimum Gasteiger partial charge on any atom is -0.394 e. The van der Waals surface area contributed by atoms with E-state index in [1.54, 1.807) is 6.33 Å². The Morgan fingerprint density at radius 1 is 0.811 bits per heavy atom. The Morgan fingerprint density at radius 3 is 1.92 bits per heavy atom. The molecule has 0 unspecified atom stereocenters. The molecule has 3 aromatic carbocycles. The van der Waals surface area contributed by atoms with Crippen molar-refractivity contribution in [1.29, 1.82) is 0 Å². The maximum Gasteiger partial charge on any atom is 0.167 e. The number of aromatic nitrogens is 4. The topological polar surface area (TPSA) is 102 Å². The van der Waals surface area contributed by atoms with Gasteiger partial charge in [-0.05, 0) is 16.7 Å². The van der Waals surface area contributed by atoms with E-state index in [0.717, 1.165) is 16.7 Å². The summed E-state index contributed by atoms with van der Waals surface area (Å²) < 4.78 is 8.27. The van der Waals surface area contributed by atoms with Gasteiger partial charge in [-0.15, -0.1) is 0 Å². The fraction of sp³-hybridized carbons (Fsp3) is 0.207. The summed E-state index contributed by atoms with van der Waals surface area (Å²) in [6.07, 6.45) is 2.24. The molecule has 1 aliphatic rings. The average Bonchev–Trinajstić information content (AvgIpc) is 3.41. The number of rotatable bonds is 6. The van der Waals surface area contributed by atoms with Crippen LogP contribution in [0.1, 0.15) is 22.9 Å². The van der Waals surface area contributed by atoms with E-state index >= 15 is 0 Å². The second-order valence-corrected chi connectivity index (χ2v) is 9.19. The van der Waals surface area contributed by atoms with Crippen LogP contribution < -0.4 is 5.73 Å². The first kappa shape index (κ1) is 23.3. The van der Waals surface area contributed by atoms with E-state index in [4.69, 9.17) is 10.5 Å². The van der Waals surface area contributed by atoms with Gasteiger partial charge in [0.2, 0.25) is 0 Å². The molecule has 1 fully saturated rings. The Labute approximate surface area is 215 Å². The monoisotopic (exact) mass is 492 g/mol. The minimum absolute atomic E-state index is 0.120. The molecule has 0 bridgehead atoms. The van der Waals surface area contributed by atoms with Gasteiger partial charge in [0.1, 0.15) is 18.1 Å². The lowest BCUT2D eigenvalue weighted by atomic mass is 9.75. The molecule has 2 atom stereocenters. The summed E-state index contributed by atoms with van der Waals surface area (Å²) in [5.41, 5.74) is 9.95. The van der Waals surface area contributed by atoms with Crippen LogP contribution in [0, 0.1) is 0 Å². The number of nitrogens with zero attached hydrogens (tertiary/aromatic N) is 5. The zero-order chi connectivity index (χ0) is 25.2. The first-order valence-corrected chi connectivity index (χ1v) is 12.3. The van der Waals surface area contributed by atoms with Gasteiger partial charge in [0.25, 0.3) is 0 Å². The molecule has 0 amide bonds. The van der Waals surface area contributed by atoms with Crippen molar-refractivity contribution in [2.45, 2.75) is 17.9 Å². The Bertz CT molecular complexity index is 1380. The predicted molar refractivity (Wildman–Crippen MR) is 142 cm³/mol. The molecule has 3 heterocycles. The van der Waals surface area contributed by atoms with E-state index in [-0.39, 0.29) is 6.61 Å². The fourth-order valence-corrected chi connectivity index (χ4v) is 5.51. The molecule has 0 spiro atoms. The molecule has 1 aliphatic heterocycles. The molecule has 0 saturated carbocycles. The number of hydrogen-bond acceptors (Lipinski definition) is 7. The third-order valence-electron chi connectivity index (χ3n) is 7.10. The summed E-state index contributed by atoms with van der Waals surface area (Å²) >= 11 is 0. The van der Waals surface area contributed by atoms with Crippen LogP contribution in [-0.2, 0) is 10.3 Å². The molecule has 5 aromatic rings. The number of imidazole rings is 1. The predicted octanol–water partition coefficient (Wildman–Crippen LogP) is 3.59. The molecule has 0 radical (unpaired) electrons. The maximum atomic E-state index is 10.3. The number of benzene rings is 3. The molecule has 8 heteroatoms. The van der Waals surface area contributed by atoms with Crippen molar-refractivity contribution in [1.82, 2.24) is 24.4 Å². The van der Waals surface area contributed by atoms with Crippen LogP contribution in [0.5, 0.6) is 0 Å². The average molecular weight is 493 g/mol. The lowest BCUT2D eigenvalue weighted by molar-refractivity contribution is -0.148. The number of fused-ring (bicyclic) bond motifs is 1. The molecule has 37 heavy (non-hydrogen) atoms. The fourth-order valence-electron chi connectivity index (χ4n) is 5.51. The Hall–Kier alpha value is -4.11. The van der Waals surface area contributed by atoms with Crippen LogP contribution in [-0.4, -0.2) is 55.3 Å². The molecule has 186 valence electrons. The van der Waals surface area contributed by atoms with E-state index < -0.39 is 17.9 Å². The summed E-state index contributed by atoms with van der Waals surface area (Å²) in [7, 11) is 0. The van der Waals surface area contributed by atoms with Crippen molar-refractivity contribution < 1.29 is 9.84 Å². The third kappa shape index (κ3) is 3.95. The van der Waals surface area contributed by atoms with Gasteiger partial charge in [-0.25, -0.2) is 15.0 Å². The van der Waals surface area contributed by atoms with Crippen molar-refractivity contribution in [3.63, 3.8) is 0 Å². The maximum absolute atomic E-state index is 10.3. The van der Waals surface area contributed by atoms with E-state index in [1.165, 1.54) is 6.33 Å². The number of anilines is 1. The normalized spacial score (nSPS) is 18.7. The highest BCUT2D eigenvalue weighted by molar-refractivity contribution is 5.81. The lowest BCUT2D eigenvalue weighted by Crippen LogP contribution is -2.57. The summed E-state index contributed by atoms with van der Waals surface area (Å²) in [5, 5.41) is 10.3. The van der Waals surface area contributed by atoms with Gasteiger partial charge in [0, 0.05) is 13.1 Å². The zero-order valence-electron chi connectivity index (χ0n) is 20.3. The number of aliphatic hydroxyl groups excluding tert-OH is 1. The van der Waals surface area contributed by atoms with E-state index in [0.29, 0.717) is 30.1 Å². The number of aliphatic hydroxyl groups is 1. The van der Waals surface area contributed by atoms with Crippen molar-refractivity contribution in [3.05, 3.63) is 120 Å². The second-order valence-electron chi connectivity index (χ2n) is 9.19. The van der Waals surface area contributed by atoms with Crippen molar-refractivity contribution >= 4 is 17.0 Å². The van der Waals surface area contributed by atoms with Crippen molar-refractivity contribution in [3.8, 4) is 0 Å². The largest absolute Gasteiger partial charge is 0.394 e.